The fourth-order valence-electron chi connectivity index (χ4n) is 1.46. The van der Waals surface area contributed by atoms with E-state index in [9.17, 15) is 4.79 Å². The third kappa shape index (κ3) is 2.76. The van der Waals surface area contributed by atoms with Crippen LogP contribution in [0, 0.1) is 20.8 Å². The molecule has 1 aromatic rings. The number of carbonyl (C=O) groups excluding carboxylic acids is 1. The van der Waals surface area contributed by atoms with Crippen LogP contribution in [0.25, 0.3) is 0 Å². The zero-order valence-electron chi connectivity index (χ0n) is 10.1. The maximum Gasteiger partial charge on any atom is 0.187 e. The van der Waals surface area contributed by atoms with Crippen LogP contribution in [0.4, 0.5) is 0 Å². The number of aryl methyl sites for hydroxylation is 2. The third-order valence-corrected chi connectivity index (χ3v) is 3.02. The van der Waals surface area contributed by atoms with E-state index < -0.39 is 6.10 Å². The molecule has 0 aromatic heterocycles. The molecule has 1 unspecified atom stereocenters. The van der Waals surface area contributed by atoms with Gasteiger partial charge in [0.15, 0.2) is 11.9 Å². The summed E-state index contributed by atoms with van der Waals surface area (Å²) < 4.78 is 5.68. The summed E-state index contributed by atoms with van der Waals surface area (Å²) in [6, 6.07) is 4.04. The standard InChI is InChI=1S/C13H17ClO2/c1-8-5-6-9(2)13(10(8)3)16-11(4)12(15)7-14/h5-6,11H,7H2,1-4H3. The minimum atomic E-state index is -0.489. The summed E-state index contributed by atoms with van der Waals surface area (Å²) in [4.78, 5) is 11.4. The van der Waals surface area contributed by atoms with Crippen molar-refractivity contribution in [2.24, 2.45) is 0 Å². The van der Waals surface area contributed by atoms with Gasteiger partial charge in [-0.25, -0.2) is 0 Å². The number of rotatable bonds is 4. The maximum atomic E-state index is 11.4. The lowest BCUT2D eigenvalue weighted by Crippen LogP contribution is -2.25. The van der Waals surface area contributed by atoms with Gasteiger partial charge >= 0.3 is 0 Å². The van der Waals surface area contributed by atoms with E-state index in [1.807, 2.05) is 32.9 Å². The lowest BCUT2D eigenvalue weighted by atomic mass is 10.1. The molecule has 0 saturated carbocycles. The summed E-state index contributed by atoms with van der Waals surface area (Å²) in [5.41, 5.74) is 3.28. The van der Waals surface area contributed by atoms with Crippen LogP contribution in [0.3, 0.4) is 0 Å². The minimum Gasteiger partial charge on any atom is -0.482 e. The van der Waals surface area contributed by atoms with Crippen molar-refractivity contribution in [3.8, 4) is 5.75 Å². The first-order chi connectivity index (χ1) is 7.47. The Morgan fingerprint density at radius 3 is 2.44 bits per heavy atom. The topological polar surface area (TPSA) is 26.3 Å². The molecule has 0 N–H and O–H groups in total. The molecule has 0 aliphatic rings. The number of alkyl halides is 1. The molecule has 1 atom stereocenters. The maximum absolute atomic E-state index is 11.4. The van der Waals surface area contributed by atoms with Gasteiger partial charge in [-0.05, 0) is 44.4 Å². The van der Waals surface area contributed by atoms with E-state index in [0.29, 0.717) is 0 Å². The van der Waals surface area contributed by atoms with Gasteiger partial charge in [0, 0.05) is 0 Å². The number of halogens is 1. The molecule has 2 nitrogen and oxygen atoms in total. The second kappa shape index (κ2) is 5.35. The average molecular weight is 241 g/mol. The molecule has 1 rings (SSSR count). The van der Waals surface area contributed by atoms with Crippen molar-refractivity contribution in [2.75, 3.05) is 5.88 Å². The molecule has 88 valence electrons. The van der Waals surface area contributed by atoms with Crippen molar-refractivity contribution >= 4 is 17.4 Å². The Labute approximate surface area is 102 Å². The van der Waals surface area contributed by atoms with Crippen molar-refractivity contribution in [3.63, 3.8) is 0 Å². The summed E-state index contributed by atoms with van der Waals surface area (Å²) in [5, 5.41) is 0. The van der Waals surface area contributed by atoms with Crippen LogP contribution in [-0.4, -0.2) is 17.8 Å². The highest BCUT2D eigenvalue weighted by molar-refractivity contribution is 6.28. The van der Waals surface area contributed by atoms with Crippen molar-refractivity contribution in [2.45, 2.75) is 33.8 Å². The number of carbonyl (C=O) groups is 1. The van der Waals surface area contributed by atoms with Gasteiger partial charge < -0.3 is 4.74 Å². The third-order valence-electron chi connectivity index (χ3n) is 2.75. The highest BCUT2D eigenvalue weighted by Crippen LogP contribution is 2.26. The molecule has 0 aliphatic carbocycles. The van der Waals surface area contributed by atoms with Crippen molar-refractivity contribution in [3.05, 3.63) is 28.8 Å². The highest BCUT2D eigenvalue weighted by Gasteiger charge is 2.16. The lowest BCUT2D eigenvalue weighted by molar-refractivity contribution is -0.122. The number of ketones is 1. The first-order valence-corrected chi connectivity index (χ1v) is 5.83. The molecule has 0 heterocycles. The summed E-state index contributed by atoms with van der Waals surface area (Å²) in [7, 11) is 0. The molecule has 0 bridgehead atoms. The van der Waals surface area contributed by atoms with Crippen molar-refractivity contribution < 1.29 is 9.53 Å². The Kier molecular flexibility index (Phi) is 4.36. The van der Waals surface area contributed by atoms with Crippen LogP contribution < -0.4 is 4.74 Å². The Bertz CT molecular complexity index is 399. The van der Waals surface area contributed by atoms with E-state index in [2.05, 4.69) is 0 Å². The second-order valence-corrected chi connectivity index (χ2v) is 4.28. The van der Waals surface area contributed by atoms with Crippen LogP contribution in [-0.2, 0) is 4.79 Å². The van der Waals surface area contributed by atoms with Gasteiger partial charge in [-0.1, -0.05) is 12.1 Å². The molecule has 0 fully saturated rings. The smallest absolute Gasteiger partial charge is 0.187 e. The molecular formula is C13H17ClO2. The summed E-state index contributed by atoms with van der Waals surface area (Å²) in [6.45, 7) is 7.72. The van der Waals surface area contributed by atoms with Gasteiger partial charge in [-0.3, -0.25) is 4.79 Å². The zero-order chi connectivity index (χ0) is 12.3. The van der Waals surface area contributed by atoms with E-state index in [-0.39, 0.29) is 11.7 Å². The molecule has 16 heavy (non-hydrogen) atoms. The number of ether oxygens (including phenoxy) is 1. The molecule has 1 aromatic carbocycles. The van der Waals surface area contributed by atoms with Gasteiger partial charge in [0.05, 0.1) is 5.88 Å². The number of benzene rings is 1. The minimum absolute atomic E-state index is 0.00885. The Morgan fingerprint density at radius 1 is 1.31 bits per heavy atom. The first-order valence-electron chi connectivity index (χ1n) is 5.29. The summed E-state index contributed by atoms with van der Waals surface area (Å²) in [6.07, 6.45) is -0.489. The average Bonchev–Trinajstić information content (AvgIpc) is 2.28. The summed E-state index contributed by atoms with van der Waals surface area (Å²) >= 11 is 5.49. The Hall–Kier alpha value is -1.02. The number of Topliss-reactive ketones (excluding diaryl/α,β-unsaturated/α-hetero) is 1. The van der Waals surface area contributed by atoms with Crippen molar-refractivity contribution in [1.82, 2.24) is 0 Å². The monoisotopic (exact) mass is 240 g/mol. The number of hydrogen-bond acceptors (Lipinski definition) is 2. The first kappa shape index (κ1) is 13.0. The van der Waals surface area contributed by atoms with Crippen LogP contribution in [0.5, 0.6) is 5.75 Å². The van der Waals surface area contributed by atoms with Gasteiger partial charge in [0.25, 0.3) is 0 Å². The lowest BCUT2D eigenvalue weighted by Gasteiger charge is -2.17. The highest BCUT2D eigenvalue weighted by atomic mass is 35.5. The second-order valence-electron chi connectivity index (χ2n) is 4.01. The van der Waals surface area contributed by atoms with Crippen LogP contribution in [0.2, 0.25) is 0 Å². The molecular weight excluding hydrogens is 224 g/mol. The molecule has 0 saturated heterocycles. The van der Waals surface area contributed by atoms with E-state index in [1.54, 1.807) is 6.92 Å². The van der Waals surface area contributed by atoms with Gasteiger partial charge in [-0.15, -0.1) is 11.6 Å². The van der Waals surface area contributed by atoms with Crippen LogP contribution in [0.1, 0.15) is 23.6 Å². The predicted octanol–water partition coefficient (Wildman–Crippen LogP) is 3.19. The predicted molar refractivity (Wildman–Crippen MR) is 66.5 cm³/mol. The fraction of sp³-hybridized carbons (Fsp3) is 0.462. The van der Waals surface area contributed by atoms with Crippen LogP contribution >= 0.6 is 11.6 Å². The molecule has 0 spiro atoms. The van der Waals surface area contributed by atoms with Crippen molar-refractivity contribution in [1.29, 1.82) is 0 Å². The van der Waals surface area contributed by atoms with E-state index in [1.165, 1.54) is 0 Å². The van der Waals surface area contributed by atoms with Crippen LogP contribution in [0.15, 0.2) is 12.1 Å². The molecule has 3 heteroatoms. The zero-order valence-corrected chi connectivity index (χ0v) is 10.9. The van der Waals surface area contributed by atoms with E-state index in [4.69, 9.17) is 16.3 Å². The SMILES string of the molecule is Cc1ccc(C)c(OC(C)C(=O)CCl)c1C. The molecule has 0 amide bonds. The Balaban J connectivity index is 2.97. The normalized spacial score (nSPS) is 12.3. The quantitative estimate of drug-likeness (QED) is 0.756. The fourth-order valence-corrected chi connectivity index (χ4v) is 1.68. The summed E-state index contributed by atoms with van der Waals surface area (Å²) in [5.74, 6) is 0.693. The Morgan fingerprint density at radius 2 is 1.88 bits per heavy atom. The molecule has 0 aliphatic heterocycles. The molecule has 0 radical (unpaired) electrons. The van der Waals surface area contributed by atoms with Gasteiger partial charge in [0.2, 0.25) is 0 Å². The van der Waals surface area contributed by atoms with E-state index >= 15 is 0 Å². The van der Waals surface area contributed by atoms with Gasteiger partial charge in [-0.2, -0.15) is 0 Å². The number of hydrogen-bond donors (Lipinski definition) is 0. The van der Waals surface area contributed by atoms with Gasteiger partial charge in [0.1, 0.15) is 5.75 Å². The van der Waals surface area contributed by atoms with E-state index in [0.717, 1.165) is 22.4 Å². The largest absolute Gasteiger partial charge is 0.482 e.